The van der Waals surface area contributed by atoms with Gasteiger partial charge in [0.25, 0.3) is 0 Å². The van der Waals surface area contributed by atoms with Crippen LogP contribution in [0.25, 0.3) is 0 Å². The number of halogens is 2. The van der Waals surface area contributed by atoms with Crippen LogP contribution in [0.1, 0.15) is 18.1 Å². The smallest absolute Gasteiger partial charge is 0.237 e. The molecule has 4 N–H and O–H groups in total. The van der Waals surface area contributed by atoms with Crippen LogP contribution in [0.4, 0.5) is 0 Å². The quantitative estimate of drug-likeness (QED) is 0.664. The van der Waals surface area contributed by atoms with E-state index in [2.05, 4.69) is 10.6 Å². The van der Waals surface area contributed by atoms with Gasteiger partial charge in [-0.2, -0.15) is 0 Å². The fourth-order valence-corrected chi connectivity index (χ4v) is 2.65. The van der Waals surface area contributed by atoms with E-state index in [1.165, 1.54) is 0 Å². The highest BCUT2D eigenvalue weighted by molar-refractivity contribution is 6.35. The van der Waals surface area contributed by atoms with Crippen LogP contribution >= 0.6 is 23.2 Å². The van der Waals surface area contributed by atoms with Gasteiger partial charge >= 0.3 is 0 Å². The molecule has 0 spiro atoms. The lowest BCUT2D eigenvalue weighted by atomic mass is 10.1. The third-order valence-electron chi connectivity index (χ3n) is 3.22. The van der Waals surface area contributed by atoms with Crippen molar-refractivity contribution in [1.82, 2.24) is 10.6 Å². The topological polar surface area (TPSA) is 81.6 Å². The lowest BCUT2D eigenvalue weighted by Gasteiger charge is -2.16. The van der Waals surface area contributed by atoms with Gasteiger partial charge in [-0.3, -0.25) is 4.79 Å². The highest BCUT2D eigenvalue weighted by atomic mass is 35.5. The first-order valence-corrected chi connectivity index (χ1v) is 7.05. The average molecular weight is 319 g/mol. The van der Waals surface area contributed by atoms with Crippen LogP contribution in [-0.4, -0.2) is 41.4 Å². The molecule has 0 radical (unpaired) electrons. The van der Waals surface area contributed by atoms with Crippen molar-refractivity contribution in [1.29, 1.82) is 0 Å². The molecule has 0 aliphatic carbocycles. The third kappa shape index (κ3) is 3.84. The Kier molecular flexibility index (Phi) is 5.23. The number of aliphatic hydroxyl groups is 2. The number of aliphatic hydroxyl groups excluding tert-OH is 2. The number of amides is 1. The minimum absolute atomic E-state index is 0.0501. The summed E-state index contributed by atoms with van der Waals surface area (Å²) in [5, 5.41) is 25.7. The Balaban J connectivity index is 1.88. The summed E-state index contributed by atoms with van der Waals surface area (Å²) in [5.74, 6) is -0.245. The van der Waals surface area contributed by atoms with Gasteiger partial charge in [-0.25, -0.2) is 0 Å². The molecule has 1 aliphatic heterocycles. The largest absolute Gasteiger partial charge is 0.392 e. The lowest BCUT2D eigenvalue weighted by molar-refractivity contribution is -0.123. The summed E-state index contributed by atoms with van der Waals surface area (Å²) >= 11 is 11.8. The second kappa shape index (κ2) is 6.74. The maximum absolute atomic E-state index is 11.8. The average Bonchev–Trinajstić information content (AvgIpc) is 2.82. The molecule has 1 fully saturated rings. The van der Waals surface area contributed by atoms with Gasteiger partial charge in [0.2, 0.25) is 5.91 Å². The summed E-state index contributed by atoms with van der Waals surface area (Å²) in [4.78, 5) is 11.8. The Morgan fingerprint density at radius 1 is 1.50 bits per heavy atom. The minimum Gasteiger partial charge on any atom is -0.392 e. The van der Waals surface area contributed by atoms with Gasteiger partial charge < -0.3 is 20.8 Å². The molecule has 1 aromatic carbocycles. The predicted octanol–water partition coefficient (Wildman–Crippen LogP) is 0.866. The molecule has 0 unspecified atom stereocenters. The fourth-order valence-electron chi connectivity index (χ4n) is 2.12. The van der Waals surface area contributed by atoms with E-state index in [1.807, 2.05) is 0 Å². The molecule has 3 atom stereocenters. The highest BCUT2D eigenvalue weighted by Crippen LogP contribution is 2.25. The number of β-amino-alcohol motifs (C(OH)–C–C–N with tert-alkyl or cyclic N) is 1. The zero-order valence-electron chi connectivity index (χ0n) is 10.6. The SMILES string of the molecule is O=C(NC[C@H](O)c1ccc(Cl)cc1Cl)[C@H]1C[C@@H](O)CN1. The standard InChI is InChI=1S/C13H16Cl2N2O3/c14-7-1-2-9(10(15)3-7)12(19)6-17-13(20)11-4-8(18)5-16-11/h1-3,8,11-12,16,18-19H,4-6H2,(H,17,20)/t8-,11-,12+/m1/s1. The number of carbonyl (C=O) groups is 1. The van der Waals surface area contributed by atoms with Crippen LogP contribution in [0.5, 0.6) is 0 Å². The van der Waals surface area contributed by atoms with Crippen LogP contribution in [-0.2, 0) is 4.79 Å². The molecule has 0 aromatic heterocycles. The van der Waals surface area contributed by atoms with Gasteiger partial charge in [-0.15, -0.1) is 0 Å². The Morgan fingerprint density at radius 2 is 2.25 bits per heavy atom. The van der Waals surface area contributed by atoms with Crippen LogP contribution in [0, 0.1) is 0 Å². The van der Waals surface area contributed by atoms with E-state index in [4.69, 9.17) is 23.2 Å². The Labute approximate surface area is 126 Å². The van der Waals surface area contributed by atoms with Crippen LogP contribution in [0.3, 0.4) is 0 Å². The van der Waals surface area contributed by atoms with Crippen molar-refractivity contribution >= 4 is 29.1 Å². The van der Waals surface area contributed by atoms with Gasteiger partial charge in [0, 0.05) is 28.7 Å². The lowest BCUT2D eigenvalue weighted by Crippen LogP contribution is -2.41. The van der Waals surface area contributed by atoms with E-state index < -0.39 is 18.2 Å². The maximum atomic E-state index is 11.8. The van der Waals surface area contributed by atoms with Gasteiger partial charge in [-0.1, -0.05) is 29.3 Å². The van der Waals surface area contributed by atoms with E-state index in [-0.39, 0.29) is 12.5 Å². The third-order valence-corrected chi connectivity index (χ3v) is 3.78. The molecule has 110 valence electrons. The van der Waals surface area contributed by atoms with E-state index >= 15 is 0 Å². The molecular formula is C13H16Cl2N2O3. The maximum Gasteiger partial charge on any atom is 0.237 e. The van der Waals surface area contributed by atoms with Crippen molar-refractivity contribution in [2.24, 2.45) is 0 Å². The molecule has 1 amide bonds. The molecule has 1 aromatic rings. The molecule has 0 bridgehead atoms. The van der Waals surface area contributed by atoms with E-state index in [0.717, 1.165) is 0 Å². The monoisotopic (exact) mass is 318 g/mol. The van der Waals surface area contributed by atoms with E-state index in [1.54, 1.807) is 18.2 Å². The second-order valence-corrected chi connectivity index (χ2v) is 5.62. The number of rotatable bonds is 4. The fraction of sp³-hybridized carbons (Fsp3) is 0.462. The van der Waals surface area contributed by atoms with Crippen molar-refractivity contribution in [2.45, 2.75) is 24.7 Å². The molecule has 1 heterocycles. The molecule has 1 aliphatic rings. The molecule has 0 saturated carbocycles. The van der Waals surface area contributed by atoms with Crippen LogP contribution < -0.4 is 10.6 Å². The second-order valence-electron chi connectivity index (χ2n) is 4.78. The van der Waals surface area contributed by atoms with Crippen LogP contribution in [0.2, 0.25) is 10.0 Å². The molecule has 2 rings (SSSR count). The zero-order chi connectivity index (χ0) is 14.7. The van der Waals surface area contributed by atoms with E-state index in [9.17, 15) is 15.0 Å². The highest BCUT2D eigenvalue weighted by Gasteiger charge is 2.28. The van der Waals surface area contributed by atoms with Crippen molar-refractivity contribution < 1.29 is 15.0 Å². The van der Waals surface area contributed by atoms with Crippen molar-refractivity contribution in [2.75, 3.05) is 13.1 Å². The number of hydrogen-bond acceptors (Lipinski definition) is 4. The normalized spacial score (nSPS) is 23.6. The molecule has 20 heavy (non-hydrogen) atoms. The number of benzene rings is 1. The summed E-state index contributed by atoms with van der Waals surface area (Å²) < 4.78 is 0. The number of carbonyl (C=O) groups excluding carboxylic acids is 1. The van der Waals surface area contributed by atoms with Gasteiger partial charge in [0.1, 0.15) is 0 Å². The van der Waals surface area contributed by atoms with Crippen molar-refractivity contribution in [3.8, 4) is 0 Å². The first-order chi connectivity index (χ1) is 9.47. The summed E-state index contributed by atoms with van der Waals surface area (Å²) in [6.45, 7) is 0.456. The minimum atomic E-state index is -0.907. The summed E-state index contributed by atoms with van der Waals surface area (Å²) in [7, 11) is 0. The number of hydrogen-bond donors (Lipinski definition) is 4. The first-order valence-electron chi connectivity index (χ1n) is 6.29. The van der Waals surface area contributed by atoms with Crippen molar-refractivity contribution in [3.05, 3.63) is 33.8 Å². The summed E-state index contributed by atoms with van der Waals surface area (Å²) in [6.07, 6.45) is -1.03. The molecule has 5 nitrogen and oxygen atoms in total. The zero-order valence-corrected chi connectivity index (χ0v) is 12.2. The Bertz CT molecular complexity index is 499. The van der Waals surface area contributed by atoms with E-state index in [0.29, 0.717) is 28.6 Å². The van der Waals surface area contributed by atoms with Gasteiger partial charge in [-0.05, 0) is 18.6 Å². The summed E-state index contributed by atoms with van der Waals surface area (Å²) in [6, 6.07) is 4.37. The summed E-state index contributed by atoms with van der Waals surface area (Å²) in [5.41, 5.74) is 0.510. The van der Waals surface area contributed by atoms with Crippen LogP contribution in [0.15, 0.2) is 18.2 Å². The van der Waals surface area contributed by atoms with Crippen molar-refractivity contribution in [3.63, 3.8) is 0 Å². The van der Waals surface area contributed by atoms with Gasteiger partial charge in [0.05, 0.1) is 18.2 Å². The first kappa shape index (κ1) is 15.5. The Morgan fingerprint density at radius 3 is 2.85 bits per heavy atom. The molecule has 7 heteroatoms. The Hall–Kier alpha value is -0.850. The number of nitrogens with one attached hydrogen (secondary N) is 2. The predicted molar refractivity (Wildman–Crippen MR) is 76.8 cm³/mol. The van der Waals surface area contributed by atoms with Gasteiger partial charge in [0.15, 0.2) is 0 Å². The molecule has 1 saturated heterocycles. The molecular weight excluding hydrogens is 303 g/mol.